The molecule has 11 heteroatoms. The molecule has 1 N–H and O–H groups in total. The highest BCUT2D eigenvalue weighted by Crippen LogP contribution is 2.64. The van der Waals surface area contributed by atoms with Crippen LogP contribution in [0.1, 0.15) is 52.2 Å². The minimum atomic E-state index is -2.28. The zero-order valence-electron chi connectivity index (χ0n) is 24.7. The first kappa shape index (κ1) is 31.7. The third kappa shape index (κ3) is 5.39. The molecule has 0 heterocycles. The lowest BCUT2D eigenvalue weighted by molar-refractivity contribution is -0.385. The van der Waals surface area contributed by atoms with Crippen molar-refractivity contribution in [3.8, 4) is 6.07 Å². The van der Waals surface area contributed by atoms with Crippen molar-refractivity contribution in [2.24, 2.45) is 11.3 Å². The van der Waals surface area contributed by atoms with Crippen LogP contribution in [0, 0.1) is 42.9 Å². The number of ether oxygens (including phenoxy) is 1. The number of esters is 1. The van der Waals surface area contributed by atoms with Crippen LogP contribution < -0.4 is 0 Å². The number of nitriles is 1. The Morgan fingerprint density at radius 1 is 0.870 bits per heavy atom. The van der Waals surface area contributed by atoms with Crippen LogP contribution in [0.15, 0.2) is 109 Å². The average molecular weight is 620 g/mol. The van der Waals surface area contributed by atoms with Crippen molar-refractivity contribution in [3.05, 3.63) is 152 Å². The van der Waals surface area contributed by atoms with Gasteiger partial charge in [-0.15, -0.1) is 0 Å². The van der Waals surface area contributed by atoms with Gasteiger partial charge in [0.1, 0.15) is 5.60 Å². The van der Waals surface area contributed by atoms with E-state index in [1.807, 2.05) is 0 Å². The molecular weight excluding hydrogens is 590 g/mol. The first-order valence-electron chi connectivity index (χ1n) is 14.5. The number of Topliss-reactive ketones (excluding diaryl/α,β-unsaturated/α-hetero) is 1. The van der Waals surface area contributed by atoms with Crippen LogP contribution >= 0.6 is 0 Å². The molecule has 0 aromatic heterocycles. The quantitative estimate of drug-likeness (QED) is 0.0985. The Hall–Kier alpha value is -5.73. The Labute approximate surface area is 264 Å². The van der Waals surface area contributed by atoms with E-state index in [1.54, 1.807) is 67.6 Å². The van der Waals surface area contributed by atoms with Gasteiger partial charge in [0.25, 0.3) is 11.4 Å². The van der Waals surface area contributed by atoms with E-state index in [1.165, 1.54) is 48.5 Å². The summed E-state index contributed by atoms with van der Waals surface area (Å²) in [7, 11) is 0. The molecule has 232 valence electrons. The number of aliphatic hydroxyl groups is 1. The average Bonchev–Trinajstić information content (AvgIpc) is 3.08. The smallest absolute Gasteiger partial charge is 0.327 e. The molecule has 4 aromatic rings. The molecule has 0 spiro atoms. The maximum atomic E-state index is 14.7. The molecule has 11 nitrogen and oxygen atoms in total. The minimum Gasteiger partial charge on any atom is -0.465 e. The summed E-state index contributed by atoms with van der Waals surface area (Å²) in [6, 6.07) is 29.2. The maximum Gasteiger partial charge on any atom is 0.327 e. The van der Waals surface area contributed by atoms with Gasteiger partial charge in [0.2, 0.25) is 0 Å². The highest BCUT2D eigenvalue weighted by atomic mass is 16.6. The molecule has 5 unspecified atom stereocenters. The molecular formula is C35H29N3O8. The van der Waals surface area contributed by atoms with Crippen molar-refractivity contribution in [3.63, 3.8) is 0 Å². The fourth-order valence-electron chi connectivity index (χ4n) is 6.76. The van der Waals surface area contributed by atoms with Crippen LogP contribution in [0.5, 0.6) is 0 Å². The summed E-state index contributed by atoms with van der Waals surface area (Å²) in [6.45, 7) is 1.40. The Morgan fingerprint density at radius 2 is 1.41 bits per heavy atom. The second kappa shape index (κ2) is 12.7. The highest BCUT2D eigenvalue weighted by Gasteiger charge is 2.68. The lowest BCUT2D eigenvalue weighted by Gasteiger charge is -2.54. The molecule has 0 saturated heterocycles. The number of nitrogens with zero attached hydrogens (tertiary/aromatic N) is 3. The van der Waals surface area contributed by atoms with E-state index in [0.29, 0.717) is 5.56 Å². The number of non-ortho nitro benzene ring substituents is 2. The summed E-state index contributed by atoms with van der Waals surface area (Å²) in [5.74, 6) is -5.97. The number of hydrogen-bond acceptors (Lipinski definition) is 9. The maximum absolute atomic E-state index is 14.7. The largest absolute Gasteiger partial charge is 0.465 e. The molecule has 0 bridgehead atoms. The predicted molar refractivity (Wildman–Crippen MR) is 166 cm³/mol. The first-order valence-corrected chi connectivity index (χ1v) is 14.5. The molecule has 1 aliphatic carbocycles. The molecule has 5 rings (SSSR count). The second-order valence-electron chi connectivity index (χ2n) is 11.1. The van der Waals surface area contributed by atoms with Gasteiger partial charge >= 0.3 is 5.97 Å². The Morgan fingerprint density at radius 3 is 1.96 bits per heavy atom. The number of nitro groups is 2. The van der Waals surface area contributed by atoms with Gasteiger partial charge in [-0.3, -0.25) is 29.8 Å². The molecule has 0 radical (unpaired) electrons. The summed E-state index contributed by atoms with van der Waals surface area (Å²) in [6.07, 6.45) is -0.390. The Balaban J connectivity index is 1.93. The van der Waals surface area contributed by atoms with Crippen LogP contribution in [0.2, 0.25) is 0 Å². The van der Waals surface area contributed by atoms with Crippen LogP contribution in [-0.2, 0) is 15.1 Å². The Bertz CT molecular complexity index is 1840. The first-order chi connectivity index (χ1) is 22.1. The van der Waals surface area contributed by atoms with Crippen LogP contribution in [-0.4, -0.2) is 33.3 Å². The van der Waals surface area contributed by atoms with Gasteiger partial charge in [0, 0.05) is 41.7 Å². The van der Waals surface area contributed by atoms with Gasteiger partial charge in [0.15, 0.2) is 11.2 Å². The number of carbonyl (C=O) groups is 2. The molecule has 4 aromatic carbocycles. The van der Waals surface area contributed by atoms with E-state index < -0.39 is 50.4 Å². The lowest BCUT2D eigenvalue weighted by atomic mass is 9.47. The highest BCUT2D eigenvalue weighted by molar-refractivity contribution is 6.00. The third-order valence-corrected chi connectivity index (χ3v) is 8.74. The van der Waals surface area contributed by atoms with Gasteiger partial charge in [0.05, 0.1) is 28.4 Å². The van der Waals surface area contributed by atoms with Gasteiger partial charge in [-0.05, 0) is 30.0 Å². The summed E-state index contributed by atoms with van der Waals surface area (Å²) < 4.78 is 5.52. The standard InChI is InChI=1S/C35H29N3O8/c1-2-46-33(40)34(22-36)29(24-13-9-17-27(19-24)37(42)43)21-35(41,26-15-7-4-8-16-26)31(32(39)23-11-5-3-6-12-23)30(34)25-14-10-18-28(20-25)38(44)45/h3-20,29-31,41H,2,21H2,1H3. The van der Waals surface area contributed by atoms with E-state index in [2.05, 4.69) is 6.07 Å². The van der Waals surface area contributed by atoms with Gasteiger partial charge < -0.3 is 9.84 Å². The normalized spacial score (nSPS) is 23.9. The molecule has 1 fully saturated rings. The van der Waals surface area contributed by atoms with Crippen molar-refractivity contribution in [1.29, 1.82) is 5.26 Å². The van der Waals surface area contributed by atoms with Crippen LogP contribution in [0.3, 0.4) is 0 Å². The predicted octanol–water partition coefficient (Wildman–Crippen LogP) is 6.23. The molecule has 1 aliphatic rings. The van der Waals surface area contributed by atoms with Gasteiger partial charge in [-0.1, -0.05) is 84.9 Å². The minimum absolute atomic E-state index is 0.0718. The van der Waals surface area contributed by atoms with Crippen molar-refractivity contribution in [1.82, 2.24) is 0 Å². The number of carbonyl (C=O) groups excluding carboxylic acids is 2. The monoisotopic (exact) mass is 619 g/mol. The number of rotatable bonds is 9. The zero-order chi connectivity index (χ0) is 33.1. The number of hydrogen-bond donors (Lipinski definition) is 1. The van der Waals surface area contributed by atoms with Crippen LogP contribution in [0.25, 0.3) is 0 Å². The van der Waals surface area contributed by atoms with E-state index >= 15 is 0 Å². The summed E-state index contributed by atoms with van der Waals surface area (Å²) in [5, 5.41) is 47.9. The fourth-order valence-corrected chi connectivity index (χ4v) is 6.76. The van der Waals surface area contributed by atoms with Crippen molar-refractivity contribution >= 4 is 23.1 Å². The van der Waals surface area contributed by atoms with E-state index in [9.17, 15) is 40.2 Å². The van der Waals surface area contributed by atoms with Crippen LogP contribution in [0.4, 0.5) is 11.4 Å². The lowest BCUT2D eigenvalue weighted by Crippen LogP contribution is -2.59. The summed E-state index contributed by atoms with van der Waals surface area (Å²) in [5.41, 5.74) is -4.30. The van der Waals surface area contributed by atoms with Crippen molar-refractivity contribution < 1.29 is 29.3 Å². The third-order valence-electron chi connectivity index (χ3n) is 8.74. The van der Waals surface area contributed by atoms with Crippen molar-refractivity contribution in [2.75, 3.05) is 6.61 Å². The zero-order valence-corrected chi connectivity index (χ0v) is 24.7. The number of benzene rings is 4. The van der Waals surface area contributed by atoms with Gasteiger partial charge in [-0.2, -0.15) is 5.26 Å². The number of ketones is 1. The summed E-state index contributed by atoms with van der Waals surface area (Å²) in [4.78, 5) is 51.5. The molecule has 1 saturated carbocycles. The molecule has 0 amide bonds. The molecule has 0 aliphatic heterocycles. The van der Waals surface area contributed by atoms with Gasteiger partial charge in [-0.25, -0.2) is 0 Å². The SMILES string of the molecule is CCOC(=O)C1(C#N)C(c2cccc([N+](=O)[O-])c2)CC(O)(c2ccccc2)C(C(=O)c2ccccc2)C1c1cccc([N+](=O)[O-])c1. The fraction of sp³-hybridized carbons (Fsp3) is 0.229. The topological polar surface area (TPSA) is 174 Å². The van der Waals surface area contributed by atoms with Crippen molar-refractivity contribution in [2.45, 2.75) is 30.8 Å². The Kier molecular flexibility index (Phi) is 8.76. The van der Waals surface area contributed by atoms with E-state index in [0.717, 1.165) is 0 Å². The van der Waals surface area contributed by atoms with E-state index in [-0.39, 0.29) is 41.1 Å². The number of nitro benzene ring substituents is 2. The molecule has 46 heavy (non-hydrogen) atoms. The van der Waals surface area contributed by atoms with E-state index in [4.69, 9.17) is 4.74 Å². The summed E-state index contributed by atoms with van der Waals surface area (Å²) >= 11 is 0. The molecule has 5 atom stereocenters. The second-order valence-corrected chi connectivity index (χ2v) is 11.1.